The number of hydrogen-bond donors (Lipinski definition) is 0. The molecule has 0 saturated carbocycles. The van der Waals surface area contributed by atoms with Crippen LogP contribution in [0.4, 0.5) is 0 Å². The van der Waals surface area contributed by atoms with Crippen LogP contribution in [-0.4, -0.2) is 18.1 Å². The second kappa shape index (κ2) is 25.0. The van der Waals surface area contributed by atoms with Crippen molar-refractivity contribution in [1.29, 1.82) is 0 Å². The quantitative estimate of drug-likeness (QED) is 0.0576. The van der Waals surface area contributed by atoms with Crippen molar-refractivity contribution in [3.8, 4) is 0 Å². The largest absolute Gasteiger partial charge is 0.361 e. The molecule has 0 aliphatic carbocycles. The molecule has 3 aromatic carbocycles. The van der Waals surface area contributed by atoms with Gasteiger partial charge in [-0.3, -0.25) is 0 Å². The van der Waals surface area contributed by atoms with Crippen LogP contribution < -0.4 is 0 Å². The lowest BCUT2D eigenvalue weighted by molar-refractivity contribution is -0.00607. The molecule has 1 atom stereocenters. The zero-order chi connectivity index (χ0) is 32.4. The Labute approximate surface area is 288 Å². The average Bonchev–Trinajstić information content (AvgIpc) is 3.11. The van der Waals surface area contributed by atoms with E-state index in [4.69, 9.17) is 4.74 Å². The summed E-state index contributed by atoms with van der Waals surface area (Å²) in [5.41, 5.74) is 2.99. The smallest absolute Gasteiger partial charge is 0.143 e. The molecule has 0 aromatic heterocycles. The average molecular weight is 643 g/mol. The predicted molar refractivity (Wildman–Crippen MR) is 205 cm³/mol. The maximum atomic E-state index is 7.32. The number of thioether (sulfide) groups is 1. The van der Waals surface area contributed by atoms with Crippen molar-refractivity contribution in [2.45, 2.75) is 141 Å². The highest BCUT2D eigenvalue weighted by Crippen LogP contribution is 2.41. The minimum atomic E-state index is -0.623. The molecule has 46 heavy (non-hydrogen) atoms. The maximum Gasteiger partial charge on any atom is 0.143 e. The van der Waals surface area contributed by atoms with Gasteiger partial charge in [0.05, 0.1) is 6.61 Å². The normalized spacial score (nSPS) is 12.4. The molecule has 0 heterocycles. The lowest BCUT2D eigenvalue weighted by atomic mass is 9.80. The fourth-order valence-corrected chi connectivity index (χ4v) is 7.91. The van der Waals surface area contributed by atoms with Gasteiger partial charge in [0.1, 0.15) is 5.60 Å². The van der Waals surface area contributed by atoms with Crippen molar-refractivity contribution in [3.63, 3.8) is 0 Å². The van der Waals surface area contributed by atoms with E-state index in [1.807, 2.05) is 0 Å². The zero-order valence-corrected chi connectivity index (χ0v) is 30.4. The molecule has 254 valence electrons. The molecule has 3 aromatic rings. The van der Waals surface area contributed by atoms with Gasteiger partial charge in [-0.2, -0.15) is 11.8 Å². The molecule has 0 saturated heterocycles. The van der Waals surface area contributed by atoms with Crippen LogP contribution in [0.1, 0.15) is 153 Å². The van der Waals surface area contributed by atoms with Crippen LogP contribution in [0.5, 0.6) is 0 Å². The second-order valence-electron chi connectivity index (χ2n) is 13.5. The maximum absolute atomic E-state index is 7.32. The molecule has 0 fully saturated rings. The van der Waals surface area contributed by atoms with E-state index in [9.17, 15) is 0 Å². The van der Waals surface area contributed by atoms with Crippen LogP contribution in [0.15, 0.2) is 91.0 Å². The standard InChI is InChI=1S/C44H66OS/c1-3-5-7-9-11-13-14-16-18-29-37-46-39-40(30-22-17-15-12-10-8-6-4-2)38-45-44(41-31-23-19-24-32-41,42-33-25-20-26-34-42)43-35-27-21-28-36-43/h19-21,23-28,31-36,40H,3-18,22,29-30,37-39H2,1-2H3/t40-/m1/s1. The van der Waals surface area contributed by atoms with Gasteiger partial charge in [-0.15, -0.1) is 0 Å². The molecule has 0 unspecified atom stereocenters. The van der Waals surface area contributed by atoms with E-state index >= 15 is 0 Å². The van der Waals surface area contributed by atoms with E-state index in [0.717, 1.165) is 6.61 Å². The highest BCUT2D eigenvalue weighted by Gasteiger charge is 2.38. The van der Waals surface area contributed by atoms with E-state index in [0.29, 0.717) is 5.92 Å². The van der Waals surface area contributed by atoms with Gasteiger partial charge in [-0.25, -0.2) is 0 Å². The third-order valence-corrected chi connectivity index (χ3v) is 10.8. The summed E-state index contributed by atoms with van der Waals surface area (Å²) in [6.07, 6.45) is 26.3. The van der Waals surface area contributed by atoms with Crippen molar-refractivity contribution in [3.05, 3.63) is 108 Å². The predicted octanol–water partition coefficient (Wildman–Crippen LogP) is 13.8. The number of rotatable bonds is 28. The second-order valence-corrected chi connectivity index (χ2v) is 14.6. The number of benzene rings is 3. The molecule has 0 spiro atoms. The molecule has 0 N–H and O–H groups in total. The summed E-state index contributed by atoms with van der Waals surface area (Å²) in [6.45, 7) is 5.39. The van der Waals surface area contributed by atoms with Crippen molar-refractivity contribution in [2.24, 2.45) is 5.92 Å². The number of unbranched alkanes of at least 4 members (excludes halogenated alkanes) is 16. The summed E-state index contributed by atoms with van der Waals surface area (Å²) in [5, 5.41) is 0. The zero-order valence-electron chi connectivity index (χ0n) is 29.6. The summed E-state index contributed by atoms with van der Waals surface area (Å²) in [5.74, 6) is 3.04. The first-order valence-corrected chi connectivity index (χ1v) is 20.3. The van der Waals surface area contributed by atoms with Gasteiger partial charge in [0, 0.05) is 0 Å². The lowest BCUT2D eigenvalue weighted by Crippen LogP contribution is -2.35. The van der Waals surface area contributed by atoms with Gasteiger partial charge in [0.15, 0.2) is 0 Å². The minimum absolute atomic E-state index is 0.559. The van der Waals surface area contributed by atoms with Crippen molar-refractivity contribution >= 4 is 11.8 Å². The van der Waals surface area contributed by atoms with Crippen molar-refractivity contribution in [1.82, 2.24) is 0 Å². The number of ether oxygens (including phenoxy) is 1. The highest BCUT2D eigenvalue weighted by atomic mass is 32.2. The Morgan fingerprint density at radius 3 is 1.26 bits per heavy atom. The van der Waals surface area contributed by atoms with Gasteiger partial charge < -0.3 is 4.74 Å². The number of hydrogen-bond acceptors (Lipinski definition) is 2. The molecule has 0 bridgehead atoms. The summed E-state index contributed by atoms with van der Waals surface area (Å²) in [6, 6.07) is 32.7. The topological polar surface area (TPSA) is 9.23 Å². The Morgan fingerprint density at radius 2 is 0.848 bits per heavy atom. The molecule has 1 nitrogen and oxygen atoms in total. The van der Waals surface area contributed by atoms with Gasteiger partial charge in [-0.1, -0.05) is 214 Å². The Bertz CT molecular complexity index is 986. The Hall–Kier alpha value is -2.03. The first-order chi connectivity index (χ1) is 22.8. The fourth-order valence-electron chi connectivity index (χ4n) is 6.73. The molecule has 3 rings (SSSR count). The van der Waals surface area contributed by atoms with E-state index in [1.54, 1.807) is 0 Å². The summed E-state index contributed by atoms with van der Waals surface area (Å²) in [7, 11) is 0. The monoisotopic (exact) mass is 642 g/mol. The first kappa shape index (κ1) is 38.4. The molecular formula is C44H66OS. The van der Waals surface area contributed by atoms with E-state index < -0.39 is 5.60 Å². The van der Waals surface area contributed by atoms with Gasteiger partial charge in [0.2, 0.25) is 0 Å². The first-order valence-electron chi connectivity index (χ1n) is 19.2. The van der Waals surface area contributed by atoms with E-state index in [2.05, 4.69) is 117 Å². The minimum Gasteiger partial charge on any atom is -0.361 e. The van der Waals surface area contributed by atoms with Crippen molar-refractivity contribution in [2.75, 3.05) is 18.1 Å². The van der Waals surface area contributed by atoms with E-state index in [1.165, 1.54) is 150 Å². The molecule has 2 heteroatoms. The van der Waals surface area contributed by atoms with E-state index in [-0.39, 0.29) is 0 Å². The molecule has 0 amide bonds. The van der Waals surface area contributed by atoms with Crippen LogP contribution in [0.2, 0.25) is 0 Å². The van der Waals surface area contributed by atoms with Gasteiger partial charge in [-0.05, 0) is 47.0 Å². The van der Waals surface area contributed by atoms with Crippen LogP contribution in [-0.2, 0) is 10.3 Å². The van der Waals surface area contributed by atoms with Crippen LogP contribution >= 0.6 is 11.8 Å². The summed E-state index contributed by atoms with van der Waals surface area (Å²) >= 11 is 2.17. The van der Waals surface area contributed by atoms with Gasteiger partial charge >= 0.3 is 0 Å². The SMILES string of the molecule is CCCCCCCCCCCCSC[C@H](CCCCCCCCCC)COC(c1ccccc1)(c1ccccc1)c1ccccc1. The molecule has 0 aliphatic heterocycles. The highest BCUT2D eigenvalue weighted by molar-refractivity contribution is 7.99. The fraction of sp³-hybridized carbons (Fsp3) is 0.591. The Balaban J connectivity index is 1.61. The van der Waals surface area contributed by atoms with Crippen LogP contribution in [0.25, 0.3) is 0 Å². The van der Waals surface area contributed by atoms with Gasteiger partial charge in [0.25, 0.3) is 0 Å². The van der Waals surface area contributed by atoms with Crippen molar-refractivity contribution < 1.29 is 4.74 Å². The third kappa shape index (κ3) is 14.4. The van der Waals surface area contributed by atoms with Crippen LogP contribution in [0.3, 0.4) is 0 Å². The lowest BCUT2D eigenvalue weighted by Gasteiger charge is -2.37. The third-order valence-electron chi connectivity index (χ3n) is 9.54. The molecular weight excluding hydrogens is 577 g/mol. The summed E-state index contributed by atoms with van der Waals surface area (Å²) in [4.78, 5) is 0. The Morgan fingerprint density at radius 1 is 0.478 bits per heavy atom. The molecule has 0 aliphatic rings. The van der Waals surface area contributed by atoms with Crippen LogP contribution in [0, 0.1) is 5.92 Å². The molecule has 0 radical (unpaired) electrons. The Kier molecular flexibility index (Phi) is 20.9. The summed E-state index contributed by atoms with van der Waals surface area (Å²) < 4.78 is 7.32.